The number of nitrogens with zero attached hydrogens (tertiary/aromatic N) is 1. The number of rotatable bonds is 8. The molecule has 0 radical (unpaired) electrons. The summed E-state index contributed by atoms with van der Waals surface area (Å²) in [7, 11) is 0. The third-order valence-electron chi connectivity index (χ3n) is 6.84. The van der Waals surface area contributed by atoms with Gasteiger partial charge in [0.2, 0.25) is 0 Å². The van der Waals surface area contributed by atoms with Crippen molar-refractivity contribution in [3.63, 3.8) is 0 Å². The summed E-state index contributed by atoms with van der Waals surface area (Å²) < 4.78 is 92.0. The van der Waals surface area contributed by atoms with Gasteiger partial charge < -0.3 is 15.5 Å². The van der Waals surface area contributed by atoms with Gasteiger partial charge in [-0.15, -0.1) is 0 Å². The Bertz CT molecular complexity index is 886. The number of hydrogen-bond acceptors (Lipinski definition) is 3. The summed E-state index contributed by atoms with van der Waals surface area (Å²) in [5.74, 6) is -1.81. The molecule has 4 nitrogen and oxygen atoms in total. The van der Waals surface area contributed by atoms with Crippen LogP contribution in [-0.4, -0.2) is 49.7 Å². The van der Waals surface area contributed by atoms with Gasteiger partial charge in [0.1, 0.15) is 11.2 Å². The average Bonchev–Trinajstić information content (AvgIpc) is 2.70. The summed E-state index contributed by atoms with van der Waals surface area (Å²) in [4.78, 5) is 14.3. The predicted octanol–water partition coefficient (Wildman–Crippen LogP) is 5.12. The second-order valence-electron chi connectivity index (χ2n) is 9.06. The van der Waals surface area contributed by atoms with E-state index in [0.29, 0.717) is 57.6 Å². The number of hydrogen-bond donors (Lipinski definition) is 2. The van der Waals surface area contributed by atoms with E-state index in [4.69, 9.17) is 0 Å². The predicted molar refractivity (Wildman–Crippen MR) is 112 cm³/mol. The molecule has 0 atom stereocenters. The second-order valence-corrected chi connectivity index (χ2v) is 9.06. The Balaban J connectivity index is 1.39. The minimum atomic E-state index is -4.75. The van der Waals surface area contributed by atoms with Crippen LogP contribution in [0, 0.1) is 17.2 Å². The van der Waals surface area contributed by atoms with E-state index in [1.54, 1.807) is 0 Å². The first-order chi connectivity index (χ1) is 15.8. The van der Waals surface area contributed by atoms with Gasteiger partial charge in [0.25, 0.3) is 5.91 Å². The van der Waals surface area contributed by atoms with Crippen molar-refractivity contribution in [1.29, 1.82) is 0 Å². The van der Waals surface area contributed by atoms with Crippen molar-refractivity contribution < 1.29 is 35.5 Å². The molecule has 0 aromatic heterocycles. The largest absolute Gasteiger partial charge is 0.416 e. The lowest BCUT2D eigenvalue weighted by Crippen LogP contribution is -2.49. The highest BCUT2D eigenvalue weighted by molar-refractivity contribution is 5.94. The molecular formula is C23H28F7N3O. The SMILES string of the molecule is C=C(NCCN1CCC(CNC(=O)c2cc(F)cc(C(F)(F)F)c2)CC1)C1(C(F)(F)F)CCC1. The maximum absolute atomic E-state index is 13.5. The molecule has 1 aliphatic carbocycles. The van der Waals surface area contributed by atoms with E-state index in [9.17, 15) is 35.5 Å². The van der Waals surface area contributed by atoms with Crippen molar-refractivity contribution >= 4 is 5.91 Å². The highest BCUT2D eigenvalue weighted by atomic mass is 19.4. The van der Waals surface area contributed by atoms with Crippen LogP contribution in [0.4, 0.5) is 30.7 Å². The number of halogens is 7. The summed E-state index contributed by atoms with van der Waals surface area (Å²) in [6.07, 6.45) is -6.98. The van der Waals surface area contributed by atoms with Gasteiger partial charge in [-0.05, 0) is 62.9 Å². The van der Waals surface area contributed by atoms with Crippen molar-refractivity contribution in [2.24, 2.45) is 11.3 Å². The molecular weight excluding hydrogens is 467 g/mol. The number of alkyl halides is 6. The van der Waals surface area contributed by atoms with E-state index in [-0.39, 0.29) is 36.6 Å². The molecule has 11 heteroatoms. The Morgan fingerprint density at radius 1 is 1.06 bits per heavy atom. The number of benzene rings is 1. The third-order valence-corrected chi connectivity index (χ3v) is 6.84. The van der Waals surface area contributed by atoms with Crippen LogP contribution in [-0.2, 0) is 6.18 Å². The maximum Gasteiger partial charge on any atom is 0.416 e. The first-order valence-electron chi connectivity index (χ1n) is 11.2. The molecule has 34 heavy (non-hydrogen) atoms. The molecule has 1 amide bonds. The van der Waals surface area contributed by atoms with E-state index >= 15 is 0 Å². The third kappa shape index (κ3) is 6.03. The van der Waals surface area contributed by atoms with Crippen molar-refractivity contribution in [2.75, 3.05) is 32.7 Å². The lowest BCUT2D eigenvalue weighted by molar-refractivity contribution is -0.236. The fourth-order valence-electron chi connectivity index (χ4n) is 4.46. The average molecular weight is 495 g/mol. The Morgan fingerprint density at radius 2 is 1.71 bits per heavy atom. The fraction of sp³-hybridized carbons (Fsp3) is 0.609. The van der Waals surface area contributed by atoms with E-state index < -0.39 is 35.1 Å². The molecule has 0 bridgehead atoms. The first kappa shape index (κ1) is 26.3. The maximum atomic E-state index is 13.5. The number of piperidine rings is 1. The number of likely N-dealkylation sites (tertiary alicyclic amines) is 1. The van der Waals surface area contributed by atoms with Crippen LogP contribution < -0.4 is 10.6 Å². The lowest BCUT2D eigenvalue weighted by atomic mass is 9.66. The van der Waals surface area contributed by atoms with Crippen LogP contribution in [0.3, 0.4) is 0 Å². The highest BCUT2D eigenvalue weighted by Crippen LogP contribution is 2.56. The van der Waals surface area contributed by atoms with Crippen molar-refractivity contribution in [2.45, 2.75) is 44.5 Å². The zero-order chi connectivity index (χ0) is 25.1. The van der Waals surface area contributed by atoms with Gasteiger partial charge in [0, 0.05) is 30.9 Å². The van der Waals surface area contributed by atoms with Crippen LogP contribution >= 0.6 is 0 Å². The van der Waals surface area contributed by atoms with Crippen LogP contribution in [0.1, 0.15) is 48.0 Å². The zero-order valence-electron chi connectivity index (χ0n) is 18.6. The van der Waals surface area contributed by atoms with Gasteiger partial charge >= 0.3 is 12.4 Å². The lowest BCUT2D eigenvalue weighted by Gasteiger charge is -2.45. The topological polar surface area (TPSA) is 44.4 Å². The van der Waals surface area contributed by atoms with Crippen LogP contribution in [0.15, 0.2) is 30.5 Å². The van der Waals surface area contributed by atoms with E-state index in [2.05, 4.69) is 22.1 Å². The van der Waals surface area contributed by atoms with E-state index in [1.807, 2.05) is 0 Å². The van der Waals surface area contributed by atoms with Gasteiger partial charge in [0.15, 0.2) is 0 Å². The number of carbonyl (C=O) groups is 1. The molecule has 1 aliphatic heterocycles. The number of nitrogens with one attached hydrogen (secondary N) is 2. The number of amides is 1. The Labute approximate surface area is 193 Å². The molecule has 3 rings (SSSR count). The van der Waals surface area contributed by atoms with Gasteiger partial charge in [-0.1, -0.05) is 13.0 Å². The van der Waals surface area contributed by atoms with Crippen LogP contribution in [0.25, 0.3) is 0 Å². The molecule has 1 aromatic carbocycles. The Hall–Kier alpha value is -2.30. The van der Waals surface area contributed by atoms with E-state index in [0.717, 1.165) is 6.07 Å². The molecule has 1 aromatic rings. The summed E-state index contributed by atoms with van der Waals surface area (Å²) in [6, 6.07) is 1.72. The monoisotopic (exact) mass is 495 g/mol. The van der Waals surface area contributed by atoms with E-state index in [1.165, 1.54) is 0 Å². The molecule has 2 fully saturated rings. The highest BCUT2D eigenvalue weighted by Gasteiger charge is 2.60. The standard InChI is InChI=1S/C23H28F7N3O/c1-15(21(5-2-6-21)23(28,29)30)31-7-10-33-8-3-16(4-9-33)14-32-20(34)17-11-18(22(25,26)27)13-19(24)12-17/h11-13,16,31H,1-10,14H2,(H,32,34). The van der Waals surface area contributed by atoms with Crippen molar-refractivity contribution in [1.82, 2.24) is 15.5 Å². The molecule has 0 spiro atoms. The molecule has 1 heterocycles. The summed E-state index contributed by atoms with van der Waals surface area (Å²) in [5, 5.41) is 5.41. The zero-order valence-corrected chi connectivity index (χ0v) is 18.6. The molecule has 2 N–H and O–H groups in total. The Kier molecular flexibility index (Phi) is 7.84. The van der Waals surface area contributed by atoms with Gasteiger partial charge in [-0.3, -0.25) is 4.79 Å². The number of allylic oxidation sites excluding steroid dienone is 1. The van der Waals surface area contributed by atoms with Gasteiger partial charge in [0.05, 0.1) is 5.56 Å². The summed E-state index contributed by atoms with van der Waals surface area (Å²) >= 11 is 0. The minimum Gasteiger partial charge on any atom is -0.387 e. The van der Waals surface area contributed by atoms with Crippen molar-refractivity contribution in [3.05, 3.63) is 47.4 Å². The number of carbonyl (C=O) groups excluding carboxylic acids is 1. The molecule has 1 saturated carbocycles. The van der Waals surface area contributed by atoms with Gasteiger partial charge in [-0.25, -0.2) is 4.39 Å². The van der Waals surface area contributed by atoms with Crippen molar-refractivity contribution in [3.8, 4) is 0 Å². The summed E-state index contributed by atoms with van der Waals surface area (Å²) in [5.41, 5.74) is -3.41. The van der Waals surface area contributed by atoms with Crippen LogP contribution in [0.5, 0.6) is 0 Å². The molecule has 0 unspecified atom stereocenters. The summed E-state index contributed by atoms with van der Waals surface area (Å²) in [6.45, 7) is 6.12. The molecule has 2 aliphatic rings. The smallest absolute Gasteiger partial charge is 0.387 e. The second kappa shape index (κ2) is 10.1. The molecule has 1 saturated heterocycles. The van der Waals surface area contributed by atoms with Gasteiger partial charge in [-0.2, -0.15) is 26.3 Å². The van der Waals surface area contributed by atoms with Crippen LogP contribution in [0.2, 0.25) is 0 Å². The molecule has 190 valence electrons. The Morgan fingerprint density at radius 3 is 2.24 bits per heavy atom. The first-order valence-corrected chi connectivity index (χ1v) is 11.2. The minimum absolute atomic E-state index is 0.0230. The quantitative estimate of drug-likeness (QED) is 0.492. The fourth-order valence-corrected chi connectivity index (χ4v) is 4.46. The normalized spacial score (nSPS) is 19.4.